The fraction of sp³-hybridized carbons (Fsp3) is 0.714. The second-order valence-corrected chi connectivity index (χ2v) is 4.71. The Bertz CT molecular complexity index is 336. The van der Waals surface area contributed by atoms with Crippen molar-refractivity contribution in [2.75, 3.05) is 19.6 Å². The van der Waals surface area contributed by atoms with Gasteiger partial charge in [-0.25, -0.2) is 4.72 Å². The lowest BCUT2D eigenvalue weighted by Crippen LogP contribution is -2.45. The molecule has 0 aliphatic carbocycles. The summed E-state index contributed by atoms with van der Waals surface area (Å²) in [5, 5.41) is 16.9. The zero-order valence-electron chi connectivity index (χ0n) is 8.71. The number of rotatable bonds is 8. The zero-order chi connectivity index (χ0) is 12.8. The maximum atomic E-state index is 11.4. The normalized spacial score (nSPS) is 11.6. The second-order valence-electron chi connectivity index (χ2n) is 2.95. The van der Waals surface area contributed by atoms with Gasteiger partial charge in [-0.2, -0.15) is 12.7 Å². The molecule has 0 bridgehead atoms. The van der Waals surface area contributed by atoms with Crippen LogP contribution in [0, 0.1) is 0 Å². The van der Waals surface area contributed by atoms with Crippen molar-refractivity contribution in [3.63, 3.8) is 0 Å². The van der Waals surface area contributed by atoms with Gasteiger partial charge >= 0.3 is 11.9 Å². The van der Waals surface area contributed by atoms with Gasteiger partial charge in [0, 0.05) is 6.54 Å². The quantitative estimate of drug-likeness (QED) is 0.494. The molecule has 0 aromatic rings. The van der Waals surface area contributed by atoms with Crippen LogP contribution in [0.15, 0.2) is 0 Å². The monoisotopic (exact) mass is 254 g/mol. The van der Waals surface area contributed by atoms with Crippen molar-refractivity contribution in [3.05, 3.63) is 0 Å². The first kappa shape index (κ1) is 14.8. The molecule has 0 atom stereocenters. The van der Waals surface area contributed by atoms with E-state index in [1.807, 2.05) is 0 Å². The lowest BCUT2D eigenvalue weighted by Gasteiger charge is -2.18. The third-order valence-electron chi connectivity index (χ3n) is 1.50. The number of hydrogen-bond donors (Lipinski definition) is 3. The van der Waals surface area contributed by atoms with Gasteiger partial charge in [0.1, 0.15) is 13.1 Å². The Morgan fingerprint density at radius 2 is 1.62 bits per heavy atom. The highest BCUT2D eigenvalue weighted by Gasteiger charge is 2.25. The Labute approximate surface area is 93.0 Å². The number of aliphatic carboxylic acids is 2. The third-order valence-corrected chi connectivity index (χ3v) is 3.00. The van der Waals surface area contributed by atoms with Gasteiger partial charge in [-0.05, 0) is 6.42 Å². The number of nitrogens with one attached hydrogen (secondary N) is 1. The van der Waals surface area contributed by atoms with E-state index >= 15 is 0 Å². The van der Waals surface area contributed by atoms with Gasteiger partial charge in [0.15, 0.2) is 0 Å². The molecule has 0 heterocycles. The van der Waals surface area contributed by atoms with Crippen LogP contribution in [-0.4, -0.2) is 54.5 Å². The highest BCUT2D eigenvalue weighted by atomic mass is 32.2. The summed E-state index contributed by atoms with van der Waals surface area (Å²) in [7, 11) is -4.05. The van der Waals surface area contributed by atoms with Gasteiger partial charge in [-0.15, -0.1) is 0 Å². The Morgan fingerprint density at radius 3 is 1.94 bits per heavy atom. The molecule has 0 radical (unpaired) electrons. The Morgan fingerprint density at radius 1 is 1.19 bits per heavy atom. The molecular formula is C7H14N2O6S. The summed E-state index contributed by atoms with van der Waals surface area (Å²) in [5.74, 6) is -2.83. The van der Waals surface area contributed by atoms with Crippen molar-refractivity contribution >= 4 is 22.1 Å². The first-order chi connectivity index (χ1) is 7.29. The minimum absolute atomic E-state index is 0.123. The highest BCUT2D eigenvalue weighted by molar-refractivity contribution is 7.87. The molecule has 94 valence electrons. The van der Waals surface area contributed by atoms with E-state index in [0.717, 1.165) is 0 Å². The van der Waals surface area contributed by atoms with Crippen LogP contribution in [0.4, 0.5) is 0 Å². The summed E-state index contributed by atoms with van der Waals surface area (Å²) >= 11 is 0. The van der Waals surface area contributed by atoms with Gasteiger partial charge in [-0.1, -0.05) is 6.92 Å². The first-order valence-corrected chi connectivity index (χ1v) is 5.92. The smallest absolute Gasteiger partial charge is 0.318 e. The molecule has 0 amide bonds. The summed E-state index contributed by atoms with van der Waals surface area (Å²) in [5.41, 5.74) is 0. The van der Waals surface area contributed by atoms with Crippen LogP contribution in [0.5, 0.6) is 0 Å². The van der Waals surface area contributed by atoms with E-state index in [1.165, 1.54) is 0 Å². The molecule has 8 nitrogen and oxygen atoms in total. The van der Waals surface area contributed by atoms with Crippen LogP contribution in [0.1, 0.15) is 13.3 Å². The Kier molecular flexibility index (Phi) is 5.93. The van der Waals surface area contributed by atoms with Gasteiger partial charge in [-0.3, -0.25) is 9.59 Å². The average Bonchev–Trinajstić information content (AvgIpc) is 2.12. The predicted molar refractivity (Wildman–Crippen MR) is 54.1 cm³/mol. The second kappa shape index (κ2) is 6.40. The average molecular weight is 254 g/mol. The molecule has 0 spiro atoms. The molecule has 3 N–H and O–H groups in total. The number of carboxylic acid groups (broad SMARTS) is 2. The SMILES string of the molecule is CCCNS(=O)(=O)N(CC(=O)O)CC(=O)O. The van der Waals surface area contributed by atoms with E-state index < -0.39 is 35.2 Å². The lowest BCUT2D eigenvalue weighted by molar-refractivity contribution is -0.139. The van der Waals surface area contributed by atoms with Crippen LogP contribution in [0.2, 0.25) is 0 Å². The summed E-state index contributed by atoms with van der Waals surface area (Å²) < 4.78 is 25.3. The lowest BCUT2D eigenvalue weighted by atomic mass is 10.5. The van der Waals surface area contributed by atoms with Crippen molar-refractivity contribution in [2.24, 2.45) is 0 Å². The van der Waals surface area contributed by atoms with Crippen LogP contribution in [-0.2, 0) is 19.8 Å². The van der Waals surface area contributed by atoms with E-state index in [4.69, 9.17) is 10.2 Å². The molecule has 0 saturated heterocycles. The molecule has 0 saturated carbocycles. The minimum Gasteiger partial charge on any atom is -0.480 e. The maximum absolute atomic E-state index is 11.4. The summed E-state index contributed by atoms with van der Waals surface area (Å²) in [4.78, 5) is 20.8. The Hall–Kier alpha value is -1.19. The van der Waals surface area contributed by atoms with Crippen molar-refractivity contribution < 1.29 is 28.2 Å². The maximum Gasteiger partial charge on any atom is 0.318 e. The van der Waals surface area contributed by atoms with E-state index in [2.05, 4.69) is 4.72 Å². The summed E-state index contributed by atoms with van der Waals surface area (Å²) in [6.45, 7) is 0.0794. The standard InChI is InChI=1S/C7H14N2O6S/c1-2-3-8-16(14,15)9(4-6(10)11)5-7(12)13/h8H,2-5H2,1H3,(H,10,11)(H,12,13). The number of nitrogens with zero attached hydrogens (tertiary/aromatic N) is 1. The minimum atomic E-state index is -4.05. The van der Waals surface area contributed by atoms with Crippen molar-refractivity contribution in [1.82, 2.24) is 9.03 Å². The molecule has 0 fully saturated rings. The van der Waals surface area contributed by atoms with Gasteiger partial charge in [0.05, 0.1) is 0 Å². The van der Waals surface area contributed by atoms with E-state index in [0.29, 0.717) is 10.7 Å². The molecule has 0 unspecified atom stereocenters. The molecule has 0 aromatic heterocycles. The molecule has 0 aliphatic rings. The topological polar surface area (TPSA) is 124 Å². The van der Waals surface area contributed by atoms with Crippen molar-refractivity contribution in [1.29, 1.82) is 0 Å². The fourth-order valence-electron chi connectivity index (χ4n) is 0.850. The molecule has 16 heavy (non-hydrogen) atoms. The van der Waals surface area contributed by atoms with Crippen LogP contribution >= 0.6 is 0 Å². The molecule has 0 aromatic carbocycles. The molecular weight excluding hydrogens is 240 g/mol. The van der Waals surface area contributed by atoms with Crippen LogP contribution in [0.3, 0.4) is 0 Å². The largest absolute Gasteiger partial charge is 0.480 e. The van der Waals surface area contributed by atoms with Crippen molar-refractivity contribution in [3.8, 4) is 0 Å². The van der Waals surface area contributed by atoms with E-state index in [9.17, 15) is 18.0 Å². The van der Waals surface area contributed by atoms with E-state index in [-0.39, 0.29) is 6.54 Å². The predicted octanol–water partition coefficient (Wildman–Crippen LogP) is -1.30. The van der Waals surface area contributed by atoms with E-state index in [1.54, 1.807) is 6.92 Å². The molecule has 9 heteroatoms. The number of hydrogen-bond acceptors (Lipinski definition) is 4. The van der Waals surface area contributed by atoms with Crippen molar-refractivity contribution in [2.45, 2.75) is 13.3 Å². The number of carbonyl (C=O) groups is 2. The molecule has 0 rings (SSSR count). The third kappa shape index (κ3) is 5.63. The first-order valence-electron chi connectivity index (χ1n) is 4.48. The summed E-state index contributed by atoms with van der Waals surface area (Å²) in [6, 6.07) is 0. The van der Waals surface area contributed by atoms with Gasteiger partial charge < -0.3 is 10.2 Å². The fourth-order valence-corrected chi connectivity index (χ4v) is 2.06. The summed E-state index contributed by atoms with van der Waals surface area (Å²) in [6.07, 6.45) is 0.521. The van der Waals surface area contributed by atoms with Gasteiger partial charge in [0.2, 0.25) is 0 Å². The molecule has 0 aliphatic heterocycles. The highest BCUT2D eigenvalue weighted by Crippen LogP contribution is 1.97. The van der Waals surface area contributed by atoms with Gasteiger partial charge in [0.25, 0.3) is 10.2 Å². The zero-order valence-corrected chi connectivity index (χ0v) is 9.53. The van der Waals surface area contributed by atoms with Crippen LogP contribution in [0.25, 0.3) is 0 Å². The van der Waals surface area contributed by atoms with Crippen LogP contribution < -0.4 is 4.72 Å². The Balaban J connectivity index is 4.72. The number of carboxylic acids is 2.